The van der Waals surface area contributed by atoms with E-state index in [0.29, 0.717) is 6.54 Å². The largest absolute Gasteiger partial charge is 0.497 e. The van der Waals surface area contributed by atoms with Crippen molar-refractivity contribution in [1.82, 2.24) is 4.57 Å². The molecule has 0 amide bonds. The quantitative estimate of drug-likeness (QED) is 0.524. The molecule has 0 aliphatic carbocycles. The fraction of sp³-hybridized carbons (Fsp3) is 0.158. The van der Waals surface area contributed by atoms with E-state index in [1.54, 1.807) is 7.11 Å². The molecule has 0 unspecified atom stereocenters. The number of fused-ring (bicyclic) bond motifs is 3. The summed E-state index contributed by atoms with van der Waals surface area (Å²) < 4.78 is 13.1. The van der Waals surface area contributed by atoms with Crippen LogP contribution in [0.15, 0.2) is 49.1 Å². The maximum atomic E-state index is 5.54. The van der Waals surface area contributed by atoms with E-state index in [-0.39, 0.29) is 6.61 Å². The van der Waals surface area contributed by atoms with Crippen LogP contribution >= 0.6 is 0 Å². The summed E-state index contributed by atoms with van der Waals surface area (Å²) in [6.07, 6.45) is 7.13. The normalized spacial score (nSPS) is 10.5. The van der Waals surface area contributed by atoms with Gasteiger partial charge in [-0.15, -0.1) is 13.0 Å². The van der Waals surface area contributed by atoms with Crippen LogP contribution < -0.4 is 9.47 Å². The Balaban J connectivity index is 2.27. The molecule has 0 aliphatic rings. The fourth-order valence-corrected chi connectivity index (χ4v) is 2.72. The molecule has 3 rings (SSSR count). The van der Waals surface area contributed by atoms with Crippen LogP contribution in [0.1, 0.15) is 0 Å². The molecule has 0 bridgehead atoms. The highest BCUT2D eigenvalue weighted by Gasteiger charge is 2.11. The number of rotatable bonds is 5. The van der Waals surface area contributed by atoms with Crippen LogP contribution in [-0.4, -0.2) is 18.3 Å². The first kappa shape index (κ1) is 14.1. The van der Waals surface area contributed by atoms with Gasteiger partial charge in [0.05, 0.1) is 18.1 Å². The van der Waals surface area contributed by atoms with Crippen LogP contribution in [0.25, 0.3) is 21.8 Å². The van der Waals surface area contributed by atoms with Crippen molar-refractivity contribution in [3.8, 4) is 23.8 Å². The molecule has 3 aromatic rings. The van der Waals surface area contributed by atoms with E-state index < -0.39 is 0 Å². The molecule has 22 heavy (non-hydrogen) atoms. The van der Waals surface area contributed by atoms with E-state index in [1.807, 2.05) is 30.3 Å². The average molecular weight is 291 g/mol. The van der Waals surface area contributed by atoms with Crippen molar-refractivity contribution >= 4 is 21.8 Å². The van der Waals surface area contributed by atoms with Gasteiger partial charge in [-0.3, -0.25) is 0 Å². The van der Waals surface area contributed by atoms with Crippen molar-refractivity contribution in [3.05, 3.63) is 49.1 Å². The Morgan fingerprint density at radius 3 is 2.36 bits per heavy atom. The Hall–Kier alpha value is -2.86. The van der Waals surface area contributed by atoms with Gasteiger partial charge in [0.15, 0.2) is 0 Å². The summed E-state index contributed by atoms with van der Waals surface area (Å²) in [5, 5.41) is 2.36. The van der Waals surface area contributed by atoms with Crippen LogP contribution in [0.3, 0.4) is 0 Å². The zero-order chi connectivity index (χ0) is 15.5. The van der Waals surface area contributed by atoms with Gasteiger partial charge in [-0.1, -0.05) is 12.0 Å². The van der Waals surface area contributed by atoms with Crippen LogP contribution in [0.4, 0.5) is 0 Å². The molecule has 0 N–H and O–H groups in total. The molecule has 2 aromatic carbocycles. The first-order valence-electron chi connectivity index (χ1n) is 7.05. The van der Waals surface area contributed by atoms with Crippen molar-refractivity contribution in [2.24, 2.45) is 0 Å². The predicted octanol–water partition coefficient (Wildman–Crippen LogP) is 4.00. The van der Waals surface area contributed by atoms with Gasteiger partial charge in [0, 0.05) is 29.4 Å². The maximum Gasteiger partial charge on any atom is 0.148 e. The Morgan fingerprint density at radius 1 is 1.14 bits per heavy atom. The van der Waals surface area contributed by atoms with Gasteiger partial charge in [0.2, 0.25) is 0 Å². The molecular formula is C19H17NO2. The number of terminal acetylenes is 1. The van der Waals surface area contributed by atoms with E-state index in [9.17, 15) is 0 Å². The second-order valence-corrected chi connectivity index (χ2v) is 4.95. The summed E-state index contributed by atoms with van der Waals surface area (Å²) >= 11 is 0. The topological polar surface area (TPSA) is 23.4 Å². The SMILES string of the molecule is C#CCOc1ccc2c3ccc(OC)cc3n(CC=C)c2c1. The van der Waals surface area contributed by atoms with Crippen LogP contribution in [-0.2, 0) is 6.54 Å². The van der Waals surface area contributed by atoms with E-state index in [0.717, 1.165) is 22.5 Å². The number of benzene rings is 2. The van der Waals surface area contributed by atoms with Crippen LogP contribution in [0.5, 0.6) is 11.5 Å². The molecule has 0 atom stereocenters. The highest BCUT2D eigenvalue weighted by Crippen LogP contribution is 2.33. The van der Waals surface area contributed by atoms with E-state index in [2.05, 4.69) is 29.2 Å². The van der Waals surface area contributed by atoms with Gasteiger partial charge >= 0.3 is 0 Å². The Bertz CT molecular complexity index is 884. The van der Waals surface area contributed by atoms with Gasteiger partial charge in [-0.05, 0) is 24.3 Å². The molecule has 0 fully saturated rings. The summed E-state index contributed by atoms with van der Waals surface area (Å²) in [4.78, 5) is 0. The number of nitrogens with zero attached hydrogens (tertiary/aromatic N) is 1. The Morgan fingerprint density at radius 2 is 1.77 bits per heavy atom. The van der Waals surface area contributed by atoms with Gasteiger partial charge < -0.3 is 14.0 Å². The van der Waals surface area contributed by atoms with E-state index >= 15 is 0 Å². The highest BCUT2D eigenvalue weighted by atomic mass is 16.5. The van der Waals surface area contributed by atoms with Gasteiger partial charge in [-0.2, -0.15) is 0 Å². The molecule has 110 valence electrons. The molecule has 3 nitrogen and oxygen atoms in total. The van der Waals surface area contributed by atoms with Crippen LogP contribution in [0, 0.1) is 12.3 Å². The van der Waals surface area contributed by atoms with Gasteiger partial charge in [0.1, 0.15) is 18.1 Å². The van der Waals surface area contributed by atoms with Gasteiger partial charge in [0.25, 0.3) is 0 Å². The third-order valence-corrected chi connectivity index (χ3v) is 3.68. The lowest BCUT2D eigenvalue weighted by Crippen LogP contribution is -1.96. The third-order valence-electron chi connectivity index (χ3n) is 3.68. The minimum absolute atomic E-state index is 0.265. The summed E-state index contributed by atoms with van der Waals surface area (Å²) in [7, 11) is 1.67. The van der Waals surface area contributed by atoms with Gasteiger partial charge in [-0.25, -0.2) is 0 Å². The Labute approximate surface area is 129 Å². The third kappa shape index (κ3) is 2.29. The lowest BCUT2D eigenvalue weighted by molar-refractivity contribution is 0.371. The summed E-state index contributed by atoms with van der Waals surface area (Å²) in [5.41, 5.74) is 2.21. The molecule has 0 saturated carbocycles. The molecule has 0 radical (unpaired) electrons. The first-order valence-corrected chi connectivity index (χ1v) is 7.05. The molecule has 1 aromatic heterocycles. The fourth-order valence-electron chi connectivity index (χ4n) is 2.72. The van der Waals surface area contributed by atoms with E-state index in [1.165, 1.54) is 10.8 Å². The second-order valence-electron chi connectivity index (χ2n) is 4.95. The lowest BCUT2D eigenvalue weighted by atomic mass is 10.1. The summed E-state index contributed by atoms with van der Waals surface area (Å²) in [6.45, 7) is 4.83. The van der Waals surface area contributed by atoms with Crippen molar-refractivity contribution < 1.29 is 9.47 Å². The zero-order valence-corrected chi connectivity index (χ0v) is 12.5. The van der Waals surface area contributed by atoms with Crippen molar-refractivity contribution in [2.75, 3.05) is 13.7 Å². The average Bonchev–Trinajstić information content (AvgIpc) is 2.86. The van der Waals surface area contributed by atoms with E-state index in [4.69, 9.17) is 15.9 Å². The van der Waals surface area contributed by atoms with Crippen LogP contribution in [0.2, 0.25) is 0 Å². The minimum Gasteiger partial charge on any atom is -0.497 e. The van der Waals surface area contributed by atoms with Crippen molar-refractivity contribution in [1.29, 1.82) is 0 Å². The number of hydrogen-bond acceptors (Lipinski definition) is 2. The smallest absolute Gasteiger partial charge is 0.148 e. The number of methoxy groups -OCH3 is 1. The minimum atomic E-state index is 0.265. The van der Waals surface area contributed by atoms with Crippen molar-refractivity contribution in [2.45, 2.75) is 6.54 Å². The number of aromatic nitrogens is 1. The molecule has 0 spiro atoms. The summed E-state index contributed by atoms with van der Waals surface area (Å²) in [5.74, 6) is 4.09. The lowest BCUT2D eigenvalue weighted by Gasteiger charge is -2.06. The maximum absolute atomic E-state index is 5.54. The standard InChI is InChI=1S/C19H17NO2/c1-4-10-20-18-12-14(21-3)6-8-16(18)17-9-7-15(13-19(17)20)22-11-5-2/h2,4,6-9,12-13H,1,10-11H2,3H3. The summed E-state index contributed by atoms with van der Waals surface area (Å²) in [6, 6.07) is 12.1. The molecule has 0 aliphatic heterocycles. The number of hydrogen-bond donors (Lipinski definition) is 0. The van der Waals surface area contributed by atoms with Crippen molar-refractivity contribution in [3.63, 3.8) is 0 Å². The number of allylic oxidation sites excluding steroid dienone is 1. The molecular weight excluding hydrogens is 274 g/mol. The molecule has 3 heteroatoms. The predicted molar refractivity (Wildman–Crippen MR) is 90.5 cm³/mol. The molecule has 1 heterocycles. The molecule has 0 saturated heterocycles. The monoisotopic (exact) mass is 291 g/mol. The number of ether oxygens (including phenoxy) is 2. The zero-order valence-electron chi connectivity index (χ0n) is 12.5. The highest BCUT2D eigenvalue weighted by molar-refractivity contribution is 6.08. The second kappa shape index (κ2) is 5.87. The Kier molecular flexibility index (Phi) is 3.76. The first-order chi connectivity index (χ1) is 10.8.